The number of amides is 1. The average Bonchev–Trinajstić information content (AvgIpc) is 2.94. The molecule has 0 saturated carbocycles. The minimum atomic E-state index is -0.967. The fourth-order valence-corrected chi connectivity index (χ4v) is 3.04. The molecule has 1 atom stereocenters. The summed E-state index contributed by atoms with van der Waals surface area (Å²) in [7, 11) is 0. The molecule has 2 aromatic rings. The zero-order valence-electron chi connectivity index (χ0n) is 10.7. The summed E-state index contributed by atoms with van der Waals surface area (Å²) in [4.78, 5) is 24.0. The van der Waals surface area contributed by atoms with Crippen LogP contribution in [0.3, 0.4) is 0 Å². The summed E-state index contributed by atoms with van der Waals surface area (Å²) in [6, 6.07) is 7.87. The first-order valence-electron chi connectivity index (χ1n) is 5.98. The fourth-order valence-electron chi connectivity index (χ4n) is 1.77. The molecule has 21 heavy (non-hydrogen) atoms. The standard InChI is InChI=1S/C14H11BrClNO3S/c15-9-6-8(3-4-10(9)16)14(20)17-11(7-13(18)19)12-2-1-5-21-12/h1-6,11H,7H2,(H,17,20)(H,18,19). The van der Waals surface area contributed by atoms with Crippen molar-refractivity contribution in [2.75, 3.05) is 0 Å². The molecule has 0 spiro atoms. The van der Waals surface area contributed by atoms with E-state index in [9.17, 15) is 9.59 Å². The Bertz CT molecular complexity index is 660. The van der Waals surface area contributed by atoms with E-state index in [0.29, 0.717) is 15.1 Å². The molecule has 1 unspecified atom stereocenters. The topological polar surface area (TPSA) is 66.4 Å². The molecule has 4 nitrogen and oxygen atoms in total. The number of benzene rings is 1. The van der Waals surface area contributed by atoms with E-state index in [0.717, 1.165) is 4.88 Å². The number of halogens is 2. The second-order valence-electron chi connectivity index (χ2n) is 4.27. The van der Waals surface area contributed by atoms with Crippen LogP contribution < -0.4 is 5.32 Å². The van der Waals surface area contributed by atoms with Crippen molar-refractivity contribution in [1.29, 1.82) is 0 Å². The summed E-state index contributed by atoms with van der Waals surface area (Å²) in [5.74, 6) is -1.31. The van der Waals surface area contributed by atoms with E-state index in [1.54, 1.807) is 24.3 Å². The molecule has 0 aliphatic heterocycles. The molecular weight excluding hydrogens is 378 g/mol. The molecule has 7 heteroatoms. The van der Waals surface area contributed by atoms with Gasteiger partial charge < -0.3 is 10.4 Å². The van der Waals surface area contributed by atoms with E-state index < -0.39 is 12.0 Å². The van der Waals surface area contributed by atoms with Crippen LogP contribution in [0.15, 0.2) is 40.2 Å². The first kappa shape index (κ1) is 16.0. The molecule has 0 aliphatic carbocycles. The molecule has 0 fully saturated rings. The van der Waals surface area contributed by atoms with Gasteiger partial charge in [0.2, 0.25) is 0 Å². The Balaban J connectivity index is 2.17. The smallest absolute Gasteiger partial charge is 0.305 e. The summed E-state index contributed by atoms with van der Waals surface area (Å²) in [5.41, 5.74) is 0.415. The second-order valence-corrected chi connectivity index (χ2v) is 6.51. The van der Waals surface area contributed by atoms with Crippen molar-refractivity contribution in [2.24, 2.45) is 0 Å². The zero-order valence-corrected chi connectivity index (χ0v) is 13.8. The third-order valence-electron chi connectivity index (χ3n) is 2.75. The normalized spacial score (nSPS) is 11.9. The largest absolute Gasteiger partial charge is 0.481 e. The van der Waals surface area contributed by atoms with Gasteiger partial charge in [-0.1, -0.05) is 17.7 Å². The second kappa shape index (κ2) is 7.06. The lowest BCUT2D eigenvalue weighted by Gasteiger charge is -2.15. The fraction of sp³-hybridized carbons (Fsp3) is 0.143. The first-order chi connectivity index (χ1) is 9.97. The monoisotopic (exact) mass is 387 g/mol. The Hall–Kier alpha value is -1.37. The predicted molar refractivity (Wildman–Crippen MR) is 85.9 cm³/mol. The van der Waals surface area contributed by atoms with E-state index in [4.69, 9.17) is 16.7 Å². The van der Waals surface area contributed by atoms with Crippen molar-refractivity contribution < 1.29 is 14.7 Å². The lowest BCUT2D eigenvalue weighted by molar-refractivity contribution is -0.137. The Morgan fingerprint density at radius 2 is 2.14 bits per heavy atom. The van der Waals surface area contributed by atoms with Crippen molar-refractivity contribution in [1.82, 2.24) is 5.32 Å². The van der Waals surface area contributed by atoms with Gasteiger partial charge >= 0.3 is 5.97 Å². The number of hydrogen-bond acceptors (Lipinski definition) is 3. The molecule has 1 heterocycles. The van der Waals surface area contributed by atoms with Crippen LogP contribution in [0.4, 0.5) is 0 Å². The highest BCUT2D eigenvalue weighted by Gasteiger charge is 2.20. The number of carbonyl (C=O) groups excluding carboxylic acids is 1. The van der Waals surface area contributed by atoms with Gasteiger partial charge in [0.25, 0.3) is 5.91 Å². The third kappa shape index (κ3) is 4.30. The van der Waals surface area contributed by atoms with Gasteiger partial charge in [-0.25, -0.2) is 0 Å². The van der Waals surface area contributed by atoms with Gasteiger partial charge in [0, 0.05) is 14.9 Å². The highest BCUT2D eigenvalue weighted by atomic mass is 79.9. The summed E-state index contributed by atoms with van der Waals surface area (Å²) >= 11 is 10.5. The van der Waals surface area contributed by atoms with Gasteiger partial charge in [0.1, 0.15) is 0 Å². The van der Waals surface area contributed by atoms with E-state index >= 15 is 0 Å². The molecule has 0 saturated heterocycles. The molecule has 0 aliphatic rings. The van der Waals surface area contributed by atoms with Gasteiger partial charge in [0.15, 0.2) is 0 Å². The Labute approximate surface area is 138 Å². The van der Waals surface area contributed by atoms with E-state index in [2.05, 4.69) is 21.2 Å². The quantitative estimate of drug-likeness (QED) is 0.810. The van der Waals surface area contributed by atoms with Crippen LogP contribution in [0.5, 0.6) is 0 Å². The molecular formula is C14H11BrClNO3S. The first-order valence-corrected chi connectivity index (χ1v) is 8.03. The Morgan fingerprint density at radius 3 is 2.71 bits per heavy atom. The number of aliphatic carboxylic acids is 1. The van der Waals surface area contributed by atoms with Crippen LogP contribution in [0.1, 0.15) is 27.7 Å². The van der Waals surface area contributed by atoms with Crippen LogP contribution in [-0.2, 0) is 4.79 Å². The number of carboxylic acid groups (broad SMARTS) is 1. The molecule has 0 radical (unpaired) electrons. The van der Waals surface area contributed by atoms with Crippen molar-refractivity contribution in [3.8, 4) is 0 Å². The van der Waals surface area contributed by atoms with Crippen LogP contribution >= 0.6 is 38.9 Å². The zero-order chi connectivity index (χ0) is 15.4. The van der Waals surface area contributed by atoms with Crippen molar-refractivity contribution in [3.63, 3.8) is 0 Å². The molecule has 0 bridgehead atoms. The van der Waals surface area contributed by atoms with Crippen LogP contribution in [0, 0.1) is 0 Å². The van der Waals surface area contributed by atoms with Gasteiger partial charge in [0.05, 0.1) is 17.5 Å². The van der Waals surface area contributed by atoms with Gasteiger partial charge in [-0.05, 0) is 45.6 Å². The number of carbonyl (C=O) groups is 2. The maximum absolute atomic E-state index is 12.2. The molecule has 2 rings (SSSR count). The van der Waals surface area contributed by atoms with Gasteiger partial charge in [-0.15, -0.1) is 11.3 Å². The van der Waals surface area contributed by atoms with E-state index in [1.807, 2.05) is 11.4 Å². The summed E-state index contributed by atoms with van der Waals surface area (Å²) in [6.07, 6.45) is -0.166. The van der Waals surface area contributed by atoms with E-state index in [-0.39, 0.29) is 12.3 Å². The van der Waals surface area contributed by atoms with Crippen LogP contribution in [0.25, 0.3) is 0 Å². The number of hydrogen-bond donors (Lipinski definition) is 2. The third-order valence-corrected chi connectivity index (χ3v) is 4.95. The lowest BCUT2D eigenvalue weighted by atomic mass is 10.1. The minimum absolute atomic E-state index is 0.166. The lowest BCUT2D eigenvalue weighted by Crippen LogP contribution is -2.29. The molecule has 110 valence electrons. The maximum Gasteiger partial charge on any atom is 0.305 e. The predicted octanol–water partition coefficient (Wildman–Crippen LogP) is 4.11. The van der Waals surface area contributed by atoms with Gasteiger partial charge in [-0.3, -0.25) is 9.59 Å². The highest BCUT2D eigenvalue weighted by Crippen LogP contribution is 2.25. The van der Waals surface area contributed by atoms with Gasteiger partial charge in [-0.2, -0.15) is 0 Å². The molecule has 1 amide bonds. The maximum atomic E-state index is 12.2. The number of carboxylic acids is 1. The number of rotatable bonds is 5. The van der Waals surface area contributed by atoms with Crippen molar-refractivity contribution >= 4 is 50.7 Å². The van der Waals surface area contributed by atoms with Crippen molar-refractivity contribution in [3.05, 3.63) is 55.6 Å². The number of thiophene rings is 1. The van der Waals surface area contributed by atoms with Crippen molar-refractivity contribution in [2.45, 2.75) is 12.5 Å². The minimum Gasteiger partial charge on any atom is -0.481 e. The Morgan fingerprint density at radius 1 is 1.38 bits per heavy atom. The highest BCUT2D eigenvalue weighted by molar-refractivity contribution is 9.10. The molecule has 2 N–H and O–H groups in total. The summed E-state index contributed by atoms with van der Waals surface area (Å²) in [6.45, 7) is 0. The summed E-state index contributed by atoms with van der Waals surface area (Å²) < 4.78 is 0.614. The number of nitrogens with one attached hydrogen (secondary N) is 1. The Kier molecular flexibility index (Phi) is 5.39. The summed E-state index contributed by atoms with van der Waals surface area (Å²) in [5, 5.41) is 14.1. The average molecular weight is 389 g/mol. The van der Waals surface area contributed by atoms with Crippen LogP contribution in [0.2, 0.25) is 5.02 Å². The molecule has 1 aromatic heterocycles. The SMILES string of the molecule is O=C(O)CC(NC(=O)c1ccc(Cl)c(Br)c1)c1cccs1. The molecule has 1 aromatic carbocycles. The van der Waals surface area contributed by atoms with E-state index in [1.165, 1.54) is 11.3 Å². The van der Waals surface area contributed by atoms with Crippen LogP contribution in [-0.4, -0.2) is 17.0 Å².